The van der Waals surface area contributed by atoms with Crippen molar-refractivity contribution < 1.29 is 9.69 Å². The molecular formula is C19H27N4O+. The summed E-state index contributed by atoms with van der Waals surface area (Å²) in [6, 6.07) is 10.6. The molecule has 5 heteroatoms. The van der Waals surface area contributed by atoms with Gasteiger partial charge in [0.25, 0.3) is 5.91 Å². The van der Waals surface area contributed by atoms with Crippen LogP contribution < -0.4 is 10.2 Å². The lowest BCUT2D eigenvalue weighted by atomic mass is 10.0. The molecule has 128 valence electrons. The largest absolute Gasteiger partial charge is 0.325 e. The molecule has 2 heterocycles. The van der Waals surface area contributed by atoms with Crippen LogP contribution in [0.5, 0.6) is 0 Å². The molecule has 2 atom stereocenters. The first-order valence-corrected chi connectivity index (χ1v) is 8.82. The standard InChI is InChI=1S/C19H26N4O/c1-14-9-7-8-12-22(14)13-18(24)20-19-15(2)21-23(16(19)3)17-10-5-4-6-11-17/h4-6,10-11,14H,7-9,12-13H2,1-3H3,(H,20,24)/p+1/t14-/m0/s1. The van der Waals surface area contributed by atoms with Gasteiger partial charge in [-0.1, -0.05) is 18.2 Å². The summed E-state index contributed by atoms with van der Waals surface area (Å²) in [4.78, 5) is 13.9. The molecule has 0 aliphatic carbocycles. The van der Waals surface area contributed by atoms with Gasteiger partial charge in [-0.3, -0.25) is 4.79 Å². The molecule has 1 unspecified atom stereocenters. The molecule has 1 aromatic carbocycles. The van der Waals surface area contributed by atoms with Gasteiger partial charge in [0.15, 0.2) is 6.54 Å². The van der Waals surface area contributed by atoms with Crippen molar-refractivity contribution in [3.05, 3.63) is 41.7 Å². The summed E-state index contributed by atoms with van der Waals surface area (Å²) in [5.74, 6) is 0.0811. The zero-order valence-corrected chi connectivity index (χ0v) is 14.8. The third-order valence-corrected chi connectivity index (χ3v) is 5.03. The smallest absolute Gasteiger partial charge is 0.279 e. The van der Waals surface area contributed by atoms with Gasteiger partial charge in [-0.05, 0) is 52.2 Å². The van der Waals surface area contributed by atoms with E-state index in [9.17, 15) is 4.79 Å². The molecule has 0 bridgehead atoms. The van der Waals surface area contributed by atoms with Gasteiger partial charge in [-0.2, -0.15) is 5.10 Å². The quantitative estimate of drug-likeness (QED) is 0.901. The number of nitrogens with one attached hydrogen (secondary N) is 2. The van der Waals surface area contributed by atoms with Crippen molar-refractivity contribution in [3.63, 3.8) is 0 Å². The third kappa shape index (κ3) is 3.51. The number of aryl methyl sites for hydroxylation is 1. The van der Waals surface area contributed by atoms with Crippen LogP contribution in [0.4, 0.5) is 5.69 Å². The highest BCUT2D eigenvalue weighted by Gasteiger charge is 2.25. The SMILES string of the molecule is Cc1nn(-c2ccccc2)c(C)c1NC(=O)C[NH+]1CCCC[C@@H]1C. The summed E-state index contributed by atoms with van der Waals surface area (Å²) < 4.78 is 1.89. The van der Waals surface area contributed by atoms with Crippen molar-refractivity contribution in [1.82, 2.24) is 9.78 Å². The van der Waals surface area contributed by atoms with Crippen LogP contribution in [0.1, 0.15) is 37.6 Å². The van der Waals surface area contributed by atoms with E-state index in [1.807, 2.05) is 48.9 Å². The van der Waals surface area contributed by atoms with Crippen LogP contribution in [0.15, 0.2) is 30.3 Å². The van der Waals surface area contributed by atoms with Gasteiger partial charge in [0, 0.05) is 0 Å². The van der Waals surface area contributed by atoms with E-state index in [-0.39, 0.29) is 5.91 Å². The summed E-state index contributed by atoms with van der Waals surface area (Å²) in [6.07, 6.45) is 3.72. The fourth-order valence-corrected chi connectivity index (χ4v) is 3.55. The minimum atomic E-state index is 0.0811. The summed E-state index contributed by atoms with van der Waals surface area (Å²) >= 11 is 0. The van der Waals surface area contributed by atoms with Gasteiger partial charge >= 0.3 is 0 Å². The summed E-state index contributed by atoms with van der Waals surface area (Å²) in [5.41, 5.74) is 3.67. The number of carbonyl (C=O) groups excluding carboxylic acids is 1. The van der Waals surface area contributed by atoms with E-state index in [1.165, 1.54) is 24.2 Å². The number of piperidine rings is 1. The molecular weight excluding hydrogens is 300 g/mol. The van der Waals surface area contributed by atoms with Crippen LogP contribution in [0, 0.1) is 13.8 Å². The van der Waals surface area contributed by atoms with Crippen LogP contribution >= 0.6 is 0 Å². The van der Waals surface area contributed by atoms with E-state index in [1.54, 1.807) is 0 Å². The van der Waals surface area contributed by atoms with E-state index in [2.05, 4.69) is 17.3 Å². The Hall–Kier alpha value is -2.14. The molecule has 0 saturated carbocycles. The van der Waals surface area contributed by atoms with Crippen molar-refractivity contribution in [2.75, 3.05) is 18.4 Å². The Kier molecular flexibility index (Phi) is 5.00. The lowest BCUT2D eigenvalue weighted by Crippen LogP contribution is -3.17. The van der Waals surface area contributed by atoms with Gasteiger partial charge in [-0.25, -0.2) is 4.68 Å². The first-order valence-electron chi connectivity index (χ1n) is 8.82. The van der Waals surface area contributed by atoms with Gasteiger partial charge in [-0.15, -0.1) is 0 Å². The lowest BCUT2D eigenvalue weighted by Gasteiger charge is -2.29. The Bertz CT molecular complexity index is 708. The first-order chi connectivity index (χ1) is 11.6. The topological polar surface area (TPSA) is 51.4 Å². The average Bonchev–Trinajstić information content (AvgIpc) is 2.86. The molecule has 24 heavy (non-hydrogen) atoms. The van der Waals surface area contributed by atoms with Gasteiger partial charge in [0.2, 0.25) is 0 Å². The van der Waals surface area contributed by atoms with E-state index < -0.39 is 0 Å². The van der Waals surface area contributed by atoms with E-state index >= 15 is 0 Å². The summed E-state index contributed by atoms with van der Waals surface area (Å²) in [5, 5.41) is 7.68. The molecule has 1 aliphatic rings. The predicted molar refractivity (Wildman–Crippen MR) is 95.7 cm³/mol. The average molecular weight is 327 g/mol. The second-order valence-corrected chi connectivity index (χ2v) is 6.82. The van der Waals surface area contributed by atoms with Crippen molar-refractivity contribution in [3.8, 4) is 5.69 Å². The number of hydrogen-bond donors (Lipinski definition) is 2. The maximum atomic E-state index is 12.5. The normalized spacial score (nSPS) is 20.8. The highest BCUT2D eigenvalue weighted by atomic mass is 16.2. The molecule has 0 spiro atoms. The van der Waals surface area contributed by atoms with Crippen LogP contribution in [-0.2, 0) is 4.79 Å². The second kappa shape index (κ2) is 7.18. The molecule has 2 aromatic rings. The third-order valence-electron chi connectivity index (χ3n) is 5.03. The number of quaternary nitrogens is 1. The maximum Gasteiger partial charge on any atom is 0.279 e. The van der Waals surface area contributed by atoms with Crippen molar-refractivity contribution in [2.24, 2.45) is 0 Å². The zero-order valence-electron chi connectivity index (χ0n) is 14.8. The van der Waals surface area contributed by atoms with Crippen molar-refractivity contribution in [1.29, 1.82) is 0 Å². The highest BCUT2D eigenvalue weighted by molar-refractivity contribution is 5.92. The van der Waals surface area contributed by atoms with E-state index in [0.29, 0.717) is 12.6 Å². The second-order valence-electron chi connectivity index (χ2n) is 6.82. The molecule has 0 radical (unpaired) electrons. The van der Waals surface area contributed by atoms with E-state index in [0.717, 1.165) is 29.3 Å². The summed E-state index contributed by atoms with van der Waals surface area (Å²) in [7, 11) is 0. The van der Waals surface area contributed by atoms with Gasteiger partial charge in [0.1, 0.15) is 0 Å². The first kappa shape index (κ1) is 16.7. The van der Waals surface area contributed by atoms with Crippen LogP contribution in [0.3, 0.4) is 0 Å². The molecule has 1 amide bonds. The Morgan fingerprint density at radius 2 is 2.04 bits per heavy atom. The Balaban J connectivity index is 1.73. The number of hydrogen-bond acceptors (Lipinski definition) is 2. The minimum absolute atomic E-state index is 0.0811. The van der Waals surface area contributed by atoms with Crippen LogP contribution in [0.2, 0.25) is 0 Å². The Morgan fingerprint density at radius 1 is 1.29 bits per heavy atom. The molecule has 2 N–H and O–H groups in total. The van der Waals surface area contributed by atoms with Crippen molar-refractivity contribution in [2.45, 2.75) is 46.1 Å². The number of amides is 1. The summed E-state index contributed by atoms with van der Waals surface area (Å²) in [6.45, 7) is 7.81. The minimum Gasteiger partial charge on any atom is -0.325 e. The fraction of sp³-hybridized carbons (Fsp3) is 0.474. The fourth-order valence-electron chi connectivity index (χ4n) is 3.55. The molecule has 1 aromatic heterocycles. The number of nitrogens with zero attached hydrogens (tertiary/aromatic N) is 2. The molecule has 3 rings (SSSR count). The lowest BCUT2D eigenvalue weighted by molar-refractivity contribution is -0.920. The van der Waals surface area contributed by atoms with Crippen LogP contribution in [-0.4, -0.2) is 34.8 Å². The van der Waals surface area contributed by atoms with Gasteiger partial charge < -0.3 is 10.2 Å². The molecule has 1 saturated heterocycles. The predicted octanol–water partition coefficient (Wildman–Crippen LogP) is 1.88. The number of aromatic nitrogens is 2. The maximum absolute atomic E-state index is 12.5. The van der Waals surface area contributed by atoms with Crippen molar-refractivity contribution >= 4 is 11.6 Å². The number of benzene rings is 1. The van der Waals surface area contributed by atoms with E-state index in [4.69, 9.17) is 0 Å². The number of anilines is 1. The number of rotatable bonds is 4. The highest BCUT2D eigenvalue weighted by Crippen LogP contribution is 2.22. The molecule has 1 fully saturated rings. The Labute approximate surface area is 143 Å². The molecule has 1 aliphatic heterocycles. The number of para-hydroxylation sites is 1. The zero-order chi connectivity index (χ0) is 17.1. The van der Waals surface area contributed by atoms with Crippen LogP contribution in [0.25, 0.3) is 5.69 Å². The Morgan fingerprint density at radius 3 is 2.75 bits per heavy atom. The molecule has 5 nitrogen and oxygen atoms in total. The van der Waals surface area contributed by atoms with Gasteiger partial charge in [0.05, 0.1) is 35.3 Å². The monoisotopic (exact) mass is 327 g/mol. The number of carbonyl (C=O) groups is 1. The number of likely N-dealkylation sites (tertiary alicyclic amines) is 1.